The monoisotopic (exact) mass is 299 g/mol. The Morgan fingerprint density at radius 1 is 1.53 bits per heavy atom. The molecule has 0 spiro atoms. The SMILES string of the molecule is Cc1csc(C(C)NC(=O)C(C)(C)N)n1.Cl.Cl. The van der Waals surface area contributed by atoms with Crippen LogP contribution in [0.3, 0.4) is 0 Å². The second-order valence-corrected chi connectivity index (χ2v) is 5.13. The molecule has 0 aliphatic rings. The first kappa shape index (κ1) is 19.0. The highest BCUT2D eigenvalue weighted by Crippen LogP contribution is 2.17. The molecule has 7 heteroatoms. The van der Waals surface area contributed by atoms with Crippen molar-refractivity contribution in [3.05, 3.63) is 16.1 Å². The van der Waals surface area contributed by atoms with Gasteiger partial charge in [0, 0.05) is 11.1 Å². The van der Waals surface area contributed by atoms with Gasteiger partial charge in [0.2, 0.25) is 5.91 Å². The van der Waals surface area contributed by atoms with E-state index in [1.54, 1.807) is 25.2 Å². The van der Waals surface area contributed by atoms with Gasteiger partial charge in [0.15, 0.2) is 0 Å². The van der Waals surface area contributed by atoms with E-state index in [1.165, 1.54) is 0 Å². The largest absolute Gasteiger partial charge is 0.346 e. The number of thiazole rings is 1. The molecule has 1 aromatic heterocycles. The number of hydrogen-bond acceptors (Lipinski definition) is 4. The van der Waals surface area contributed by atoms with Crippen molar-refractivity contribution in [2.45, 2.75) is 39.3 Å². The zero-order valence-corrected chi connectivity index (χ0v) is 12.8. The summed E-state index contributed by atoms with van der Waals surface area (Å²) in [5.74, 6) is -0.164. The van der Waals surface area contributed by atoms with E-state index in [2.05, 4.69) is 10.3 Å². The lowest BCUT2D eigenvalue weighted by molar-refractivity contribution is -0.125. The van der Waals surface area contributed by atoms with Crippen LogP contribution in [0.4, 0.5) is 0 Å². The summed E-state index contributed by atoms with van der Waals surface area (Å²) in [5, 5.41) is 5.70. The van der Waals surface area contributed by atoms with E-state index in [0.717, 1.165) is 10.7 Å². The molecule has 1 atom stereocenters. The van der Waals surface area contributed by atoms with Crippen LogP contribution in [0.25, 0.3) is 0 Å². The number of amides is 1. The van der Waals surface area contributed by atoms with Gasteiger partial charge in [-0.25, -0.2) is 4.98 Å². The minimum absolute atomic E-state index is 0. The van der Waals surface area contributed by atoms with E-state index < -0.39 is 5.54 Å². The number of nitrogens with one attached hydrogen (secondary N) is 1. The van der Waals surface area contributed by atoms with Crippen LogP contribution in [-0.2, 0) is 4.79 Å². The number of carbonyl (C=O) groups excluding carboxylic acids is 1. The minimum atomic E-state index is -0.847. The molecule has 1 aromatic rings. The zero-order chi connectivity index (χ0) is 11.6. The average molecular weight is 300 g/mol. The lowest BCUT2D eigenvalue weighted by Crippen LogP contribution is -2.49. The molecule has 0 fully saturated rings. The van der Waals surface area contributed by atoms with E-state index in [9.17, 15) is 4.79 Å². The van der Waals surface area contributed by atoms with Gasteiger partial charge in [-0.05, 0) is 27.7 Å². The number of nitrogens with two attached hydrogens (primary N) is 1. The van der Waals surface area contributed by atoms with Gasteiger partial charge in [0.25, 0.3) is 0 Å². The summed E-state index contributed by atoms with van der Waals surface area (Å²) in [7, 11) is 0. The molecule has 0 aliphatic carbocycles. The van der Waals surface area contributed by atoms with Crippen LogP contribution in [0.5, 0.6) is 0 Å². The number of rotatable bonds is 3. The van der Waals surface area contributed by atoms with Crippen molar-refractivity contribution in [3.8, 4) is 0 Å². The molecule has 1 rings (SSSR count). The Hall–Kier alpha value is -0.360. The molecule has 4 nitrogen and oxygen atoms in total. The molecule has 0 saturated carbocycles. The van der Waals surface area contributed by atoms with E-state index >= 15 is 0 Å². The quantitative estimate of drug-likeness (QED) is 0.899. The number of carbonyl (C=O) groups is 1. The highest BCUT2D eigenvalue weighted by Gasteiger charge is 2.24. The van der Waals surface area contributed by atoms with E-state index in [1.807, 2.05) is 19.2 Å². The van der Waals surface area contributed by atoms with Crippen molar-refractivity contribution in [2.75, 3.05) is 0 Å². The number of halogens is 2. The molecule has 0 saturated heterocycles. The van der Waals surface area contributed by atoms with Crippen LogP contribution < -0.4 is 11.1 Å². The normalized spacial score (nSPS) is 12.1. The molecule has 17 heavy (non-hydrogen) atoms. The fourth-order valence-electron chi connectivity index (χ4n) is 1.02. The highest BCUT2D eigenvalue weighted by atomic mass is 35.5. The summed E-state index contributed by atoms with van der Waals surface area (Å²) in [5.41, 5.74) is 5.81. The first-order valence-electron chi connectivity index (χ1n) is 4.82. The molecule has 1 amide bonds. The maximum atomic E-state index is 11.6. The van der Waals surface area contributed by atoms with Crippen LogP contribution in [-0.4, -0.2) is 16.4 Å². The van der Waals surface area contributed by atoms with Crippen molar-refractivity contribution in [1.82, 2.24) is 10.3 Å². The number of aryl methyl sites for hydroxylation is 1. The number of aromatic nitrogens is 1. The summed E-state index contributed by atoms with van der Waals surface area (Å²) < 4.78 is 0. The zero-order valence-electron chi connectivity index (χ0n) is 10.3. The van der Waals surface area contributed by atoms with Gasteiger partial charge in [-0.1, -0.05) is 0 Å². The average Bonchev–Trinajstić information content (AvgIpc) is 2.50. The summed E-state index contributed by atoms with van der Waals surface area (Å²) in [6, 6.07) is -0.0842. The van der Waals surface area contributed by atoms with E-state index in [4.69, 9.17) is 5.73 Å². The Bertz CT molecular complexity index is 363. The second-order valence-electron chi connectivity index (χ2n) is 4.24. The molecular formula is C10H19Cl2N3OS. The third kappa shape index (κ3) is 5.68. The molecule has 3 N–H and O–H groups in total. The molecule has 0 aliphatic heterocycles. The van der Waals surface area contributed by atoms with Crippen LogP contribution in [0, 0.1) is 6.92 Å². The van der Waals surface area contributed by atoms with E-state index in [-0.39, 0.29) is 36.8 Å². The first-order valence-corrected chi connectivity index (χ1v) is 5.70. The first-order chi connectivity index (χ1) is 6.80. The van der Waals surface area contributed by atoms with Crippen molar-refractivity contribution in [3.63, 3.8) is 0 Å². The standard InChI is InChI=1S/C10H17N3OS.2ClH/c1-6-5-15-8(12-6)7(2)13-9(14)10(3,4)11;;/h5,7H,11H2,1-4H3,(H,13,14);2*1H. The summed E-state index contributed by atoms with van der Waals surface area (Å²) >= 11 is 1.54. The summed E-state index contributed by atoms with van der Waals surface area (Å²) in [6.45, 7) is 7.20. The van der Waals surface area contributed by atoms with Crippen LogP contribution in [0.15, 0.2) is 5.38 Å². The summed E-state index contributed by atoms with van der Waals surface area (Å²) in [6.07, 6.45) is 0. The fourth-order valence-corrected chi connectivity index (χ4v) is 1.82. The highest BCUT2D eigenvalue weighted by molar-refractivity contribution is 7.09. The molecule has 100 valence electrons. The topological polar surface area (TPSA) is 68.0 Å². The molecule has 0 radical (unpaired) electrons. The molecule has 0 aromatic carbocycles. The smallest absolute Gasteiger partial charge is 0.240 e. The molecule has 1 heterocycles. The van der Waals surface area contributed by atoms with Crippen molar-refractivity contribution >= 4 is 42.1 Å². The van der Waals surface area contributed by atoms with Crippen molar-refractivity contribution in [2.24, 2.45) is 5.73 Å². The predicted molar refractivity (Wildman–Crippen MR) is 76.2 cm³/mol. The minimum Gasteiger partial charge on any atom is -0.346 e. The Kier molecular flexibility index (Phi) is 8.00. The maximum Gasteiger partial charge on any atom is 0.240 e. The van der Waals surface area contributed by atoms with E-state index in [0.29, 0.717) is 0 Å². The lowest BCUT2D eigenvalue weighted by atomic mass is 10.1. The third-order valence-electron chi connectivity index (χ3n) is 1.94. The third-order valence-corrected chi connectivity index (χ3v) is 3.09. The predicted octanol–water partition coefficient (Wildman–Crippen LogP) is 2.21. The van der Waals surface area contributed by atoms with Gasteiger partial charge in [-0.15, -0.1) is 36.2 Å². The molecule has 0 bridgehead atoms. The maximum absolute atomic E-state index is 11.6. The van der Waals surface area contributed by atoms with Gasteiger partial charge >= 0.3 is 0 Å². The Balaban J connectivity index is 0. The Morgan fingerprint density at radius 2 is 2.06 bits per heavy atom. The van der Waals surface area contributed by atoms with Crippen molar-refractivity contribution in [1.29, 1.82) is 0 Å². The van der Waals surface area contributed by atoms with Crippen LogP contribution in [0.2, 0.25) is 0 Å². The molecular weight excluding hydrogens is 281 g/mol. The Labute approximate surface area is 118 Å². The van der Waals surface area contributed by atoms with Gasteiger partial charge in [-0.2, -0.15) is 0 Å². The van der Waals surface area contributed by atoms with Gasteiger partial charge in [0.05, 0.1) is 11.6 Å². The second kappa shape index (κ2) is 7.16. The van der Waals surface area contributed by atoms with Gasteiger partial charge < -0.3 is 11.1 Å². The number of hydrogen-bond donors (Lipinski definition) is 2. The number of nitrogens with zero attached hydrogens (tertiary/aromatic N) is 1. The summed E-state index contributed by atoms with van der Waals surface area (Å²) in [4.78, 5) is 15.9. The van der Waals surface area contributed by atoms with Crippen LogP contribution in [0.1, 0.15) is 37.5 Å². The molecule has 1 unspecified atom stereocenters. The Morgan fingerprint density at radius 3 is 2.41 bits per heavy atom. The van der Waals surface area contributed by atoms with Gasteiger partial charge in [-0.3, -0.25) is 4.79 Å². The van der Waals surface area contributed by atoms with Crippen molar-refractivity contribution < 1.29 is 4.79 Å². The lowest BCUT2D eigenvalue weighted by Gasteiger charge is -2.20. The van der Waals surface area contributed by atoms with Gasteiger partial charge in [0.1, 0.15) is 5.01 Å². The fraction of sp³-hybridized carbons (Fsp3) is 0.600. The van der Waals surface area contributed by atoms with Crippen LogP contribution >= 0.6 is 36.2 Å².